The number of aromatic nitrogens is 2. The molecule has 1 fully saturated rings. The van der Waals surface area contributed by atoms with Crippen molar-refractivity contribution in [1.29, 1.82) is 0 Å². The van der Waals surface area contributed by atoms with E-state index >= 15 is 0 Å². The van der Waals surface area contributed by atoms with Gasteiger partial charge in [-0.2, -0.15) is 5.10 Å². The van der Waals surface area contributed by atoms with Crippen LogP contribution in [0, 0.1) is 5.41 Å². The number of rotatable bonds is 2. The van der Waals surface area contributed by atoms with E-state index in [-0.39, 0.29) is 11.3 Å². The zero-order valence-corrected chi connectivity index (χ0v) is 13.8. The first-order valence-corrected chi connectivity index (χ1v) is 7.79. The molecule has 0 saturated carbocycles. The minimum atomic E-state index is -0.0449. The van der Waals surface area contributed by atoms with E-state index in [0.29, 0.717) is 29.7 Å². The summed E-state index contributed by atoms with van der Waals surface area (Å²) in [7, 11) is 1.75. The van der Waals surface area contributed by atoms with Gasteiger partial charge in [-0.1, -0.05) is 55.8 Å². The fourth-order valence-electron chi connectivity index (χ4n) is 3.33. The molecule has 2 aromatic rings. The molecule has 0 N–H and O–H groups in total. The molecular weight excluding hydrogens is 298 g/mol. The van der Waals surface area contributed by atoms with Gasteiger partial charge in [0, 0.05) is 26.1 Å². The molecule has 22 heavy (non-hydrogen) atoms. The Labute approximate surface area is 135 Å². The molecule has 1 aliphatic heterocycles. The molecule has 1 amide bonds. The molecule has 1 aromatic carbocycles. The normalized spacial score (nSPS) is 20.4. The average Bonchev–Trinajstić information content (AvgIpc) is 2.98. The van der Waals surface area contributed by atoms with E-state index in [9.17, 15) is 4.79 Å². The highest BCUT2D eigenvalue weighted by Gasteiger charge is 2.42. The molecule has 1 saturated heterocycles. The fraction of sp³-hybridized carbons (Fsp3) is 0.412. The van der Waals surface area contributed by atoms with Gasteiger partial charge in [0.2, 0.25) is 0 Å². The number of hydrogen-bond donors (Lipinski definition) is 0. The summed E-state index contributed by atoms with van der Waals surface area (Å²) < 4.78 is 1.55. The van der Waals surface area contributed by atoms with Crippen LogP contribution >= 0.6 is 11.6 Å². The number of hydrogen-bond acceptors (Lipinski definition) is 2. The van der Waals surface area contributed by atoms with E-state index in [0.717, 1.165) is 0 Å². The summed E-state index contributed by atoms with van der Waals surface area (Å²) in [4.78, 5) is 14.7. The molecule has 4 nitrogen and oxygen atoms in total. The summed E-state index contributed by atoms with van der Waals surface area (Å²) in [6, 6.07) is 10.4. The van der Waals surface area contributed by atoms with Gasteiger partial charge < -0.3 is 4.90 Å². The average molecular weight is 318 g/mol. The lowest BCUT2D eigenvalue weighted by molar-refractivity contribution is 0.0767. The Bertz CT molecular complexity index is 674. The van der Waals surface area contributed by atoms with Crippen molar-refractivity contribution in [2.45, 2.75) is 19.8 Å². The summed E-state index contributed by atoms with van der Waals surface area (Å²) in [5.41, 5.74) is 1.77. The molecule has 1 unspecified atom stereocenters. The van der Waals surface area contributed by atoms with Gasteiger partial charge in [-0.05, 0) is 11.0 Å². The maximum atomic E-state index is 12.8. The highest BCUT2D eigenvalue weighted by molar-refractivity contribution is 6.33. The van der Waals surface area contributed by atoms with Crippen molar-refractivity contribution in [2.24, 2.45) is 12.5 Å². The molecule has 3 rings (SSSR count). The number of aryl methyl sites for hydroxylation is 1. The maximum Gasteiger partial charge on any atom is 0.273 e. The zero-order chi connectivity index (χ0) is 15.9. The summed E-state index contributed by atoms with van der Waals surface area (Å²) in [5, 5.41) is 4.47. The van der Waals surface area contributed by atoms with E-state index in [4.69, 9.17) is 11.6 Å². The Morgan fingerprint density at radius 1 is 1.32 bits per heavy atom. The number of carbonyl (C=O) groups excluding carboxylic acids is 1. The van der Waals surface area contributed by atoms with E-state index in [1.165, 1.54) is 11.8 Å². The molecule has 116 valence electrons. The predicted octanol–water partition coefficient (Wildman–Crippen LogP) is 3.34. The van der Waals surface area contributed by atoms with Crippen LogP contribution in [0.4, 0.5) is 0 Å². The molecule has 0 radical (unpaired) electrons. The smallest absolute Gasteiger partial charge is 0.273 e. The maximum absolute atomic E-state index is 12.8. The number of amides is 1. The molecule has 0 bridgehead atoms. The fourth-order valence-corrected chi connectivity index (χ4v) is 3.58. The van der Waals surface area contributed by atoms with Crippen LogP contribution in [0.2, 0.25) is 5.02 Å². The zero-order valence-electron chi connectivity index (χ0n) is 13.1. The molecular formula is C17H20ClN3O. The standard InChI is InChI=1S/C17H20ClN3O/c1-17(2)11-21(10-13(17)12-7-5-4-6-8-12)16(22)15-14(18)9-19-20(15)3/h4-9,13H,10-11H2,1-3H3. The van der Waals surface area contributed by atoms with Gasteiger partial charge in [-0.15, -0.1) is 0 Å². The lowest BCUT2D eigenvalue weighted by atomic mass is 9.78. The molecule has 2 heterocycles. The summed E-state index contributed by atoms with van der Waals surface area (Å²) >= 11 is 6.11. The first-order valence-electron chi connectivity index (χ1n) is 7.42. The van der Waals surface area contributed by atoms with Crippen LogP contribution in [-0.2, 0) is 7.05 Å². The molecule has 0 aliphatic carbocycles. The number of likely N-dealkylation sites (tertiary alicyclic amines) is 1. The van der Waals surface area contributed by atoms with Gasteiger partial charge in [0.25, 0.3) is 5.91 Å². The lowest BCUT2D eigenvalue weighted by Gasteiger charge is -2.25. The molecule has 1 atom stereocenters. The van der Waals surface area contributed by atoms with Crippen molar-refractivity contribution < 1.29 is 4.79 Å². The summed E-state index contributed by atoms with van der Waals surface area (Å²) in [6.07, 6.45) is 1.52. The lowest BCUT2D eigenvalue weighted by Crippen LogP contribution is -2.31. The van der Waals surface area contributed by atoms with Gasteiger partial charge in [-0.25, -0.2) is 0 Å². The van der Waals surface area contributed by atoms with Crippen LogP contribution in [-0.4, -0.2) is 33.7 Å². The second-order valence-electron chi connectivity index (χ2n) is 6.60. The van der Waals surface area contributed by atoms with Crippen LogP contribution in [0.15, 0.2) is 36.5 Å². The van der Waals surface area contributed by atoms with Crippen molar-refractivity contribution in [1.82, 2.24) is 14.7 Å². The van der Waals surface area contributed by atoms with Crippen LogP contribution in [0.5, 0.6) is 0 Å². The Hall–Kier alpha value is -1.81. The summed E-state index contributed by atoms with van der Waals surface area (Å²) in [6.45, 7) is 5.84. The van der Waals surface area contributed by atoms with E-state index in [1.807, 2.05) is 23.1 Å². The van der Waals surface area contributed by atoms with Crippen LogP contribution in [0.25, 0.3) is 0 Å². The van der Waals surface area contributed by atoms with Gasteiger partial charge >= 0.3 is 0 Å². The van der Waals surface area contributed by atoms with Gasteiger partial charge in [0.1, 0.15) is 5.69 Å². The minimum absolute atomic E-state index is 0.0298. The van der Waals surface area contributed by atoms with E-state index in [2.05, 4.69) is 31.1 Å². The SMILES string of the molecule is Cn1ncc(Cl)c1C(=O)N1CC(c2ccccc2)C(C)(C)C1. The third-order valence-corrected chi connectivity index (χ3v) is 4.81. The Morgan fingerprint density at radius 2 is 2.00 bits per heavy atom. The molecule has 0 spiro atoms. The Balaban J connectivity index is 1.88. The second-order valence-corrected chi connectivity index (χ2v) is 7.01. The first-order chi connectivity index (χ1) is 10.4. The number of halogens is 1. The quantitative estimate of drug-likeness (QED) is 0.852. The highest BCUT2D eigenvalue weighted by atomic mass is 35.5. The molecule has 1 aliphatic rings. The monoisotopic (exact) mass is 317 g/mol. The Morgan fingerprint density at radius 3 is 2.59 bits per heavy atom. The van der Waals surface area contributed by atoms with Gasteiger partial charge in [0.15, 0.2) is 0 Å². The minimum Gasteiger partial charge on any atom is -0.336 e. The first kappa shape index (κ1) is 15.1. The number of nitrogens with zero attached hydrogens (tertiary/aromatic N) is 3. The predicted molar refractivity (Wildman–Crippen MR) is 87.1 cm³/mol. The van der Waals surface area contributed by atoms with Crippen LogP contribution < -0.4 is 0 Å². The third-order valence-electron chi connectivity index (χ3n) is 4.53. The number of benzene rings is 1. The van der Waals surface area contributed by atoms with Crippen molar-refractivity contribution in [3.8, 4) is 0 Å². The van der Waals surface area contributed by atoms with Crippen LogP contribution in [0.3, 0.4) is 0 Å². The Kier molecular flexibility index (Phi) is 3.73. The number of carbonyl (C=O) groups is 1. The van der Waals surface area contributed by atoms with E-state index < -0.39 is 0 Å². The largest absolute Gasteiger partial charge is 0.336 e. The van der Waals surface area contributed by atoms with Crippen molar-refractivity contribution in [3.63, 3.8) is 0 Å². The highest BCUT2D eigenvalue weighted by Crippen LogP contribution is 2.42. The second kappa shape index (κ2) is 5.43. The summed E-state index contributed by atoms with van der Waals surface area (Å²) in [5.74, 6) is 0.279. The topological polar surface area (TPSA) is 38.1 Å². The molecule has 5 heteroatoms. The van der Waals surface area contributed by atoms with Crippen molar-refractivity contribution in [3.05, 3.63) is 52.8 Å². The van der Waals surface area contributed by atoms with Crippen molar-refractivity contribution in [2.75, 3.05) is 13.1 Å². The third kappa shape index (κ3) is 2.52. The van der Waals surface area contributed by atoms with Crippen LogP contribution in [0.1, 0.15) is 35.8 Å². The molecule has 1 aromatic heterocycles. The van der Waals surface area contributed by atoms with Gasteiger partial charge in [0.05, 0.1) is 11.2 Å². The van der Waals surface area contributed by atoms with Crippen molar-refractivity contribution >= 4 is 17.5 Å². The van der Waals surface area contributed by atoms with Gasteiger partial charge in [-0.3, -0.25) is 9.48 Å². The van der Waals surface area contributed by atoms with E-state index in [1.54, 1.807) is 11.7 Å².